The summed E-state index contributed by atoms with van der Waals surface area (Å²) < 4.78 is 1.92. The SMILES string of the molecule is CCN(C)C(=O)CNc1cccc2nccn12. The number of carbonyl (C=O) groups is 1. The van der Waals surface area contributed by atoms with Gasteiger partial charge in [-0.1, -0.05) is 6.07 Å². The van der Waals surface area contributed by atoms with E-state index in [2.05, 4.69) is 10.3 Å². The summed E-state index contributed by atoms with van der Waals surface area (Å²) in [5.74, 6) is 0.947. The van der Waals surface area contributed by atoms with E-state index < -0.39 is 0 Å². The fourth-order valence-electron chi connectivity index (χ4n) is 1.57. The van der Waals surface area contributed by atoms with Crippen molar-refractivity contribution in [1.29, 1.82) is 0 Å². The summed E-state index contributed by atoms with van der Waals surface area (Å²) in [6.07, 6.45) is 3.60. The molecule has 5 heteroatoms. The normalized spacial score (nSPS) is 10.5. The van der Waals surface area contributed by atoms with Crippen molar-refractivity contribution in [3.63, 3.8) is 0 Å². The second-order valence-electron chi connectivity index (χ2n) is 3.83. The van der Waals surface area contributed by atoms with E-state index in [1.54, 1.807) is 18.1 Å². The van der Waals surface area contributed by atoms with Crippen LogP contribution in [0.4, 0.5) is 5.82 Å². The maximum absolute atomic E-state index is 11.7. The monoisotopic (exact) mass is 232 g/mol. The van der Waals surface area contributed by atoms with Gasteiger partial charge >= 0.3 is 0 Å². The Morgan fingerprint density at radius 3 is 3.12 bits per heavy atom. The van der Waals surface area contributed by atoms with Crippen LogP contribution in [0.1, 0.15) is 6.92 Å². The van der Waals surface area contributed by atoms with Crippen molar-refractivity contribution in [2.45, 2.75) is 6.92 Å². The van der Waals surface area contributed by atoms with Crippen LogP contribution in [0.15, 0.2) is 30.6 Å². The molecule has 2 aromatic heterocycles. The molecule has 5 nitrogen and oxygen atoms in total. The molecule has 0 aliphatic carbocycles. The highest BCUT2D eigenvalue weighted by Crippen LogP contribution is 2.10. The van der Waals surface area contributed by atoms with Crippen LogP contribution in [0.5, 0.6) is 0 Å². The number of imidazole rings is 1. The van der Waals surface area contributed by atoms with Crippen molar-refractivity contribution in [2.24, 2.45) is 0 Å². The zero-order valence-corrected chi connectivity index (χ0v) is 10.1. The van der Waals surface area contributed by atoms with Crippen molar-refractivity contribution in [3.05, 3.63) is 30.6 Å². The molecule has 2 heterocycles. The molecule has 0 saturated heterocycles. The Kier molecular flexibility index (Phi) is 3.27. The van der Waals surface area contributed by atoms with Gasteiger partial charge in [0.1, 0.15) is 11.5 Å². The van der Waals surface area contributed by atoms with Crippen molar-refractivity contribution < 1.29 is 4.79 Å². The maximum atomic E-state index is 11.7. The van der Waals surface area contributed by atoms with Crippen LogP contribution in [-0.2, 0) is 4.79 Å². The average molecular weight is 232 g/mol. The number of amides is 1. The summed E-state index contributed by atoms with van der Waals surface area (Å²) >= 11 is 0. The number of anilines is 1. The summed E-state index contributed by atoms with van der Waals surface area (Å²) in [4.78, 5) is 17.5. The van der Waals surface area contributed by atoms with E-state index in [9.17, 15) is 4.79 Å². The lowest BCUT2D eigenvalue weighted by atomic mass is 10.4. The number of rotatable bonds is 4. The standard InChI is InChI=1S/C12H16N4O/c1-3-15(2)12(17)9-14-11-6-4-5-10-13-7-8-16(10)11/h4-8,14H,3,9H2,1-2H3. The minimum Gasteiger partial charge on any atom is -0.362 e. The largest absolute Gasteiger partial charge is 0.362 e. The molecule has 0 radical (unpaired) electrons. The van der Waals surface area contributed by atoms with Crippen molar-refractivity contribution >= 4 is 17.4 Å². The van der Waals surface area contributed by atoms with Gasteiger partial charge in [-0.05, 0) is 19.1 Å². The van der Waals surface area contributed by atoms with E-state index in [0.717, 1.165) is 18.0 Å². The molecular weight excluding hydrogens is 216 g/mol. The first kappa shape index (κ1) is 11.4. The van der Waals surface area contributed by atoms with Gasteiger partial charge in [-0.3, -0.25) is 9.20 Å². The van der Waals surface area contributed by atoms with Crippen LogP contribution < -0.4 is 5.32 Å². The second-order valence-corrected chi connectivity index (χ2v) is 3.83. The molecule has 0 fully saturated rings. The molecule has 0 aromatic carbocycles. The molecule has 1 amide bonds. The summed E-state index contributed by atoms with van der Waals surface area (Å²) in [6.45, 7) is 2.96. The number of pyridine rings is 1. The van der Waals surface area contributed by atoms with Crippen LogP contribution >= 0.6 is 0 Å². The Balaban J connectivity index is 2.09. The summed E-state index contributed by atoms with van der Waals surface area (Å²) in [5.41, 5.74) is 0.867. The molecule has 0 bridgehead atoms. The van der Waals surface area contributed by atoms with Crippen LogP contribution in [0.25, 0.3) is 5.65 Å². The quantitative estimate of drug-likeness (QED) is 0.862. The van der Waals surface area contributed by atoms with E-state index in [0.29, 0.717) is 6.54 Å². The predicted molar refractivity (Wildman–Crippen MR) is 67.0 cm³/mol. The van der Waals surface area contributed by atoms with Crippen LogP contribution in [-0.4, -0.2) is 40.3 Å². The minimum atomic E-state index is 0.0737. The number of likely N-dealkylation sites (N-methyl/N-ethyl adjacent to an activating group) is 1. The second kappa shape index (κ2) is 4.86. The van der Waals surface area contributed by atoms with E-state index in [1.165, 1.54) is 0 Å². The lowest BCUT2D eigenvalue weighted by Gasteiger charge is -2.15. The zero-order chi connectivity index (χ0) is 12.3. The fourth-order valence-corrected chi connectivity index (χ4v) is 1.57. The van der Waals surface area contributed by atoms with Gasteiger partial charge in [-0.25, -0.2) is 4.98 Å². The molecule has 0 unspecified atom stereocenters. The Hall–Kier alpha value is -2.04. The number of nitrogens with zero attached hydrogens (tertiary/aromatic N) is 3. The lowest BCUT2D eigenvalue weighted by molar-refractivity contribution is -0.127. The van der Waals surface area contributed by atoms with Gasteiger partial charge in [0.15, 0.2) is 0 Å². The fraction of sp³-hybridized carbons (Fsp3) is 0.333. The molecule has 17 heavy (non-hydrogen) atoms. The number of nitrogens with one attached hydrogen (secondary N) is 1. The molecule has 0 atom stereocenters. The Morgan fingerprint density at radius 2 is 2.35 bits per heavy atom. The minimum absolute atomic E-state index is 0.0737. The third-order valence-electron chi connectivity index (χ3n) is 2.75. The number of hydrogen-bond donors (Lipinski definition) is 1. The van der Waals surface area contributed by atoms with Crippen molar-refractivity contribution in [1.82, 2.24) is 14.3 Å². The molecule has 2 rings (SSSR count). The van der Waals surface area contributed by atoms with E-state index in [-0.39, 0.29) is 5.91 Å². The molecule has 90 valence electrons. The highest BCUT2D eigenvalue weighted by molar-refractivity contribution is 5.80. The third kappa shape index (κ3) is 2.38. The van der Waals surface area contributed by atoms with Gasteiger partial charge in [-0.2, -0.15) is 0 Å². The highest BCUT2D eigenvalue weighted by atomic mass is 16.2. The van der Waals surface area contributed by atoms with Gasteiger partial charge in [0, 0.05) is 26.0 Å². The molecule has 1 N–H and O–H groups in total. The van der Waals surface area contributed by atoms with Crippen LogP contribution in [0, 0.1) is 0 Å². The average Bonchev–Trinajstić information content (AvgIpc) is 2.83. The van der Waals surface area contributed by atoms with Gasteiger partial charge in [0.05, 0.1) is 6.54 Å². The van der Waals surface area contributed by atoms with Gasteiger partial charge in [0.2, 0.25) is 5.91 Å². The number of aromatic nitrogens is 2. The van der Waals surface area contributed by atoms with Crippen molar-refractivity contribution in [3.8, 4) is 0 Å². The molecule has 0 aliphatic heterocycles. The highest BCUT2D eigenvalue weighted by Gasteiger charge is 2.07. The summed E-state index contributed by atoms with van der Waals surface area (Å²) in [6, 6.07) is 5.76. The molecule has 0 saturated carbocycles. The first-order chi connectivity index (χ1) is 8.22. The summed E-state index contributed by atoms with van der Waals surface area (Å²) in [5, 5.41) is 3.12. The Bertz CT molecular complexity index is 520. The predicted octanol–water partition coefficient (Wildman–Crippen LogP) is 1.22. The smallest absolute Gasteiger partial charge is 0.241 e. The maximum Gasteiger partial charge on any atom is 0.241 e. The van der Waals surface area contributed by atoms with Gasteiger partial charge in [-0.15, -0.1) is 0 Å². The number of fused-ring (bicyclic) bond motifs is 1. The molecule has 2 aromatic rings. The molecule has 0 spiro atoms. The van der Waals surface area contributed by atoms with Gasteiger partial charge < -0.3 is 10.2 Å². The van der Waals surface area contributed by atoms with Crippen molar-refractivity contribution in [2.75, 3.05) is 25.5 Å². The summed E-state index contributed by atoms with van der Waals surface area (Å²) in [7, 11) is 1.79. The van der Waals surface area contributed by atoms with Crippen LogP contribution in [0.2, 0.25) is 0 Å². The number of hydrogen-bond acceptors (Lipinski definition) is 3. The first-order valence-corrected chi connectivity index (χ1v) is 5.62. The van der Waals surface area contributed by atoms with E-state index in [4.69, 9.17) is 0 Å². The van der Waals surface area contributed by atoms with Gasteiger partial charge in [0.25, 0.3) is 0 Å². The Morgan fingerprint density at radius 1 is 1.53 bits per heavy atom. The lowest BCUT2D eigenvalue weighted by Crippen LogP contribution is -2.32. The third-order valence-corrected chi connectivity index (χ3v) is 2.75. The Labute approximate surface area is 100 Å². The zero-order valence-electron chi connectivity index (χ0n) is 10.1. The van der Waals surface area contributed by atoms with E-state index in [1.807, 2.05) is 35.7 Å². The number of carbonyl (C=O) groups excluding carboxylic acids is 1. The first-order valence-electron chi connectivity index (χ1n) is 5.62. The molecular formula is C12H16N4O. The van der Waals surface area contributed by atoms with Crippen LogP contribution in [0.3, 0.4) is 0 Å². The topological polar surface area (TPSA) is 49.6 Å². The molecule has 0 aliphatic rings. The van der Waals surface area contributed by atoms with E-state index >= 15 is 0 Å².